The molecule has 0 radical (unpaired) electrons. The van der Waals surface area contributed by atoms with Gasteiger partial charge in [-0.15, -0.1) is 0 Å². The molecule has 0 saturated carbocycles. The summed E-state index contributed by atoms with van der Waals surface area (Å²) in [5.74, 6) is 0. The maximum Gasteiger partial charge on any atom is 0.0646 e. The lowest BCUT2D eigenvalue weighted by molar-refractivity contribution is 0.517. The van der Waals surface area contributed by atoms with E-state index in [0.29, 0.717) is 0 Å². The Labute approximate surface area is 303 Å². The van der Waals surface area contributed by atoms with Gasteiger partial charge in [-0.1, -0.05) is 154 Å². The first-order chi connectivity index (χ1) is 24.7. The molecule has 1 aliphatic carbocycles. The quantitative estimate of drug-likeness (QED) is 0.168. The number of fused-ring (bicyclic) bond motifs is 3. The van der Waals surface area contributed by atoms with Gasteiger partial charge in [0.1, 0.15) is 0 Å². The molecule has 0 fully saturated rings. The molecule has 7 aromatic carbocycles. The Morgan fingerprint density at radius 2 is 1.06 bits per heavy atom. The number of hydrogen-bond donors (Lipinski definition) is 0. The summed E-state index contributed by atoms with van der Waals surface area (Å²) in [4.78, 5) is 5.08. The fourth-order valence-corrected chi connectivity index (χ4v) is 7.83. The minimum atomic E-state index is -0.324. The summed E-state index contributed by atoms with van der Waals surface area (Å²) in [7, 11) is 0. The Hall–Kier alpha value is -5.60. The van der Waals surface area contributed by atoms with Crippen LogP contribution in [-0.4, -0.2) is 6.04 Å². The Bertz CT molecular complexity index is 2420. The highest BCUT2D eigenvalue weighted by Crippen LogP contribution is 2.42. The Balaban J connectivity index is 1.22. The molecule has 0 heterocycles. The molecule has 0 aliphatic heterocycles. The molecule has 0 amide bonds. The standard InChI is InChI=1S/C49H46N2/c1-48(2,3)40-23-25-41(26-24-40)49(4,5)51(45-28-22-36-14-7-9-17-39(36)34-45)43-31-29-42(30-32-43)50(44-27-21-35-13-6-8-16-38(35)33-44)47-20-12-18-37-15-10-11-19-46(37)47/h6-29,31-34,42H,30H2,1-5H3. The van der Waals surface area contributed by atoms with E-state index in [9.17, 15) is 0 Å². The molecule has 1 atom stereocenters. The van der Waals surface area contributed by atoms with Gasteiger partial charge in [0.15, 0.2) is 0 Å². The van der Waals surface area contributed by atoms with Crippen molar-refractivity contribution in [3.63, 3.8) is 0 Å². The van der Waals surface area contributed by atoms with Crippen molar-refractivity contribution in [2.75, 3.05) is 9.80 Å². The van der Waals surface area contributed by atoms with Crippen molar-refractivity contribution in [2.24, 2.45) is 0 Å². The van der Waals surface area contributed by atoms with Crippen molar-refractivity contribution < 1.29 is 0 Å². The van der Waals surface area contributed by atoms with Crippen LogP contribution < -0.4 is 9.80 Å². The summed E-state index contributed by atoms with van der Waals surface area (Å²) in [5, 5.41) is 7.51. The molecular weight excluding hydrogens is 617 g/mol. The van der Waals surface area contributed by atoms with Gasteiger partial charge in [0, 0.05) is 28.1 Å². The molecule has 0 bridgehead atoms. The summed E-state index contributed by atoms with van der Waals surface area (Å²) in [6, 6.07) is 55.9. The molecule has 1 aliphatic rings. The van der Waals surface area contributed by atoms with Crippen molar-refractivity contribution in [3.05, 3.63) is 187 Å². The van der Waals surface area contributed by atoms with Crippen LogP contribution in [0.15, 0.2) is 176 Å². The van der Waals surface area contributed by atoms with Gasteiger partial charge in [-0.25, -0.2) is 0 Å². The van der Waals surface area contributed by atoms with E-state index in [2.05, 4.69) is 214 Å². The highest BCUT2D eigenvalue weighted by atomic mass is 15.2. The van der Waals surface area contributed by atoms with Gasteiger partial charge >= 0.3 is 0 Å². The zero-order valence-electron chi connectivity index (χ0n) is 30.3. The Morgan fingerprint density at radius 1 is 0.510 bits per heavy atom. The lowest BCUT2D eigenvalue weighted by atomic mass is 9.83. The topological polar surface area (TPSA) is 6.48 Å². The van der Waals surface area contributed by atoms with E-state index in [1.165, 1.54) is 66.2 Å². The molecule has 2 nitrogen and oxygen atoms in total. The summed E-state index contributed by atoms with van der Waals surface area (Å²) < 4.78 is 0. The van der Waals surface area contributed by atoms with Crippen LogP contribution in [0.1, 0.15) is 52.2 Å². The predicted molar refractivity (Wildman–Crippen MR) is 220 cm³/mol. The Kier molecular flexibility index (Phi) is 8.27. The number of nitrogens with zero attached hydrogens (tertiary/aromatic N) is 2. The van der Waals surface area contributed by atoms with Gasteiger partial charge < -0.3 is 9.80 Å². The molecule has 51 heavy (non-hydrogen) atoms. The lowest BCUT2D eigenvalue weighted by Crippen LogP contribution is -2.42. The smallest absolute Gasteiger partial charge is 0.0646 e. The molecular formula is C49H46N2. The maximum atomic E-state index is 2.54. The van der Waals surface area contributed by atoms with E-state index in [1.807, 2.05) is 0 Å². The van der Waals surface area contributed by atoms with Gasteiger partial charge in [-0.2, -0.15) is 0 Å². The summed E-state index contributed by atoms with van der Waals surface area (Å²) >= 11 is 0. The minimum Gasteiger partial charge on any atom is -0.334 e. The summed E-state index contributed by atoms with van der Waals surface area (Å²) in [5.41, 5.74) is 7.23. The second-order valence-corrected chi connectivity index (χ2v) is 15.4. The molecule has 0 N–H and O–H groups in total. The van der Waals surface area contributed by atoms with E-state index >= 15 is 0 Å². The fourth-order valence-electron chi connectivity index (χ4n) is 7.83. The van der Waals surface area contributed by atoms with Gasteiger partial charge in [0.2, 0.25) is 0 Å². The highest BCUT2D eigenvalue weighted by molar-refractivity contribution is 5.97. The number of allylic oxidation sites excluding steroid dienone is 1. The first kappa shape index (κ1) is 32.6. The second-order valence-electron chi connectivity index (χ2n) is 15.4. The van der Waals surface area contributed by atoms with Crippen molar-refractivity contribution in [2.45, 2.75) is 58.0 Å². The molecule has 8 rings (SSSR count). The third kappa shape index (κ3) is 6.21. The van der Waals surface area contributed by atoms with E-state index in [-0.39, 0.29) is 17.0 Å². The number of anilines is 3. The van der Waals surface area contributed by atoms with Crippen LogP contribution in [0.25, 0.3) is 32.3 Å². The molecule has 0 saturated heterocycles. The first-order valence-electron chi connectivity index (χ1n) is 18.2. The average Bonchev–Trinajstić information content (AvgIpc) is 3.15. The first-order valence-corrected chi connectivity index (χ1v) is 18.2. The van der Waals surface area contributed by atoms with Gasteiger partial charge in [0.05, 0.1) is 11.6 Å². The van der Waals surface area contributed by atoms with Crippen molar-refractivity contribution in [1.29, 1.82) is 0 Å². The van der Waals surface area contributed by atoms with Crippen LogP contribution in [0.3, 0.4) is 0 Å². The number of hydrogen-bond acceptors (Lipinski definition) is 2. The molecule has 7 aromatic rings. The largest absolute Gasteiger partial charge is 0.334 e. The van der Waals surface area contributed by atoms with E-state index in [0.717, 1.165) is 6.42 Å². The second kappa shape index (κ2) is 12.9. The average molecular weight is 663 g/mol. The van der Waals surface area contributed by atoms with E-state index < -0.39 is 0 Å². The highest BCUT2D eigenvalue weighted by Gasteiger charge is 2.33. The monoisotopic (exact) mass is 662 g/mol. The Morgan fingerprint density at radius 3 is 1.69 bits per heavy atom. The molecule has 1 unspecified atom stereocenters. The van der Waals surface area contributed by atoms with Gasteiger partial charge in [0.25, 0.3) is 0 Å². The van der Waals surface area contributed by atoms with Crippen LogP contribution in [0, 0.1) is 0 Å². The lowest BCUT2D eigenvalue weighted by Gasteiger charge is -2.43. The van der Waals surface area contributed by atoms with E-state index in [4.69, 9.17) is 0 Å². The molecule has 0 spiro atoms. The van der Waals surface area contributed by atoms with Gasteiger partial charge in [-0.3, -0.25) is 0 Å². The predicted octanol–water partition coefficient (Wildman–Crippen LogP) is 13.2. The summed E-state index contributed by atoms with van der Waals surface area (Å²) in [6.07, 6.45) is 8.09. The van der Waals surface area contributed by atoms with Crippen LogP contribution in [-0.2, 0) is 11.0 Å². The van der Waals surface area contributed by atoms with Crippen LogP contribution in [0.5, 0.6) is 0 Å². The molecule has 2 heteroatoms. The normalized spacial score (nSPS) is 14.9. The van der Waals surface area contributed by atoms with Crippen LogP contribution >= 0.6 is 0 Å². The fraction of sp³-hybridized carbons (Fsp3) is 0.184. The van der Waals surface area contributed by atoms with E-state index in [1.54, 1.807) is 0 Å². The third-order valence-corrected chi connectivity index (χ3v) is 10.7. The summed E-state index contributed by atoms with van der Waals surface area (Å²) in [6.45, 7) is 11.5. The SMILES string of the molecule is CC(C)(C)c1ccc(C(C)(C)N(C2=CCC(N(c3ccc4ccccc4c3)c3cccc4ccccc34)C=C2)c2ccc3ccccc3c2)cc1. The van der Waals surface area contributed by atoms with Crippen LogP contribution in [0.4, 0.5) is 17.1 Å². The third-order valence-electron chi connectivity index (χ3n) is 10.7. The number of rotatable bonds is 7. The number of benzene rings is 7. The zero-order valence-corrected chi connectivity index (χ0v) is 30.3. The molecule has 0 aromatic heterocycles. The zero-order chi connectivity index (χ0) is 35.2. The van der Waals surface area contributed by atoms with Crippen LogP contribution in [0.2, 0.25) is 0 Å². The molecule has 252 valence electrons. The van der Waals surface area contributed by atoms with Crippen molar-refractivity contribution in [3.8, 4) is 0 Å². The maximum absolute atomic E-state index is 2.54. The minimum absolute atomic E-state index is 0.103. The van der Waals surface area contributed by atoms with Gasteiger partial charge in [-0.05, 0) is 100 Å². The van der Waals surface area contributed by atoms with Crippen molar-refractivity contribution in [1.82, 2.24) is 0 Å². The van der Waals surface area contributed by atoms with Crippen molar-refractivity contribution >= 4 is 49.4 Å².